The molecule has 0 radical (unpaired) electrons. The predicted octanol–water partition coefficient (Wildman–Crippen LogP) is 6.27. The summed E-state index contributed by atoms with van der Waals surface area (Å²) in [5.74, 6) is 1.31. The number of halogens is 2. The fraction of sp³-hybridized carbons (Fsp3) is 0.500. The molecule has 142 valence electrons. The first-order valence-corrected chi connectivity index (χ1v) is 13.3. The molecule has 2 aliphatic rings. The first-order chi connectivity index (χ1) is 9.43. The number of allylic oxidation sites excluding steroid dienone is 8. The van der Waals surface area contributed by atoms with Crippen molar-refractivity contribution in [3.63, 3.8) is 0 Å². The monoisotopic (exact) mass is 464 g/mol. The Labute approximate surface area is 181 Å². The summed E-state index contributed by atoms with van der Waals surface area (Å²) in [4.78, 5) is 0. The third-order valence-electron chi connectivity index (χ3n) is 3.41. The fourth-order valence-electron chi connectivity index (χ4n) is 2.45. The molecule has 0 bridgehead atoms. The second-order valence-corrected chi connectivity index (χ2v) is 5.67. The van der Waals surface area contributed by atoms with Gasteiger partial charge in [0, 0.05) is 0 Å². The Morgan fingerprint density at radius 3 is 1.12 bits per heavy atom. The van der Waals surface area contributed by atoms with Gasteiger partial charge >= 0.3 is 30.2 Å². The summed E-state index contributed by atoms with van der Waals surface area (Å²) < 4.78 is 0. The van der Waals surface area contributed by atoms with Crippen LogP contribution in [0.15, 0.2) is 34.4 Å². The van der Waals surface area contributed by atoms with Gasteiger partial charge in [-0.05, 0) is 0 Å². The molecule has 0 aromatic heterocycles. The molecule has 24 heavy (non-hydrogen) atoms. The molecule has 0 spiro atoms. The Hall–Kier alpha value is 0.640. The van der Waals surface area contributed by atoms with Crippen LogP contribution in [0.2, 0.25) is 0 Å². The molecule has 0 N–H and O–H groups in total. The minimum absolute atomic E-state index is 0. The molecule has 0 amide bonds. The normalized spacial score (nSPS) is 13.8. The number of rotatable bonds is 2. The van der Waals surface area contributed by atoms with E-state index in [1.165, 1.54) is 22.3 Å². The van der Waals surface area contributed by atoms with Crippen LogP contribution in [0.3, 0.4) is 0 Å². The van der Waals surface area contributed by atoms with Crippen molar-refractivity contribution in [2.75, 3.05) is 0 Å². The van der Waals surface area contributed by atoms with Crippen molar-refractivity contribution in [1.29, 1.82) is 0 Å². The Balaban J connectivity index is -0.0000000789. The summed E-state index contributed by atoms with van der Waals surface area (Å²) in [6, 6.07) is 0. The van der Waals surface area contributed by atoms with Crippen LogP contribution in [0.5, 0.6) is 0 Å². The molecule has 0 heterocycles. The van der Waals surface area contributed by atoms with Crippen LogP contribution in [-0.2, 0) is 23.3 Å². The molecule has 0 aliphatic heterocycles. The van der Waals surface area contributed by atoms with Crippen LogP contribution in [0, 0.1) is 38.8 Å². The molecular formula is C20H36Cl2SiZr-4. The molecule has 2 rings (SSSR count). The van der Waals surface area contributed by atoms with Gasteiger partial charge in [0.1, 0.15) is 0 Å². The Morgan fingerprint density at radius 1 is 0.792 bits per heavy atom. The van der Waals surface area contributed by atoms with Gasteiger partial charge in [-0.3, -0.25) is 12.2 Å². The third-order valence-corrected chi connectivity index (χ3v) is 3.41. The summed E-state index contributed by atoms with van der Waals surface area (Å²) in [7, 11) is 0. The van der Waals surface area contributed by atoms with Crippen molar-refractivity contribution in [3.8, 4) is 0 Å². The first kappa shape index (κ1) is 35.7. The van der Waals surface area contributed by atoms with E-state index in [1.54, 1.807) is 23.3 Å². The van der Waals surface area contributed by atoms with E-state index >= 15 is 0 Å². The standard InChI is InChI=1S/2C9H13.2CH3.2ClH.H2Si.Zr/c2*1-7(2)9-6-4-5-8(9)3;;;;;;/h2*5,7H,4H2,1-3H3;2*1H3;2*1H;1H2;/q4*-1;;;;. The van der Waals surface area contributed by atoms with Crippen LogP contribution >= 0.6 is 24.8 Å². The summed E-state index contributed by atoms with van der Waals surface area (Å²) in [5.41, 5.74) is 5.67. The molecule has 0 aromatic rings. The molecule has 0 atom stereocenters. The summed E-state index contributed by atoms with van der Waals surface area (Å²) in [6.07, 6.45) is 13.2. The van der Waals surface area contributed by atoms with Crippen molar-refractivity contribution in [1.82, 2.24) is 0 Å². The quantitative estimate of drug-likeness (QED) is 0.332. The van der Waals surface area contributed by atoms with Gasteiger partial charge in [0.05, 0.1) is 0 Å². The van der Waals surface area contributed by atoms with Gasteiger partial charge in [0.2, 0.25) is 0 Å². The van der Waals surface area contributed by atoms with E-state index < -0.39 is 0 Å². The second-order valence-electron chi connectivity index (χ2n) is 5.67. The molecule has 0 nitrogen and oxygen atoms in total. The van der Waals surface area contributed by atoms with E-state index in [0.29, 0.717) is 11.8 Å². The van der Waals surface area contributed by atoms with Gasteiger partial charge in [-0.25, -0.2) is 22.3 Å². The van der Waals surface area contributed by atoms with Gasteiger partial charge in [-0.2, -0.15) is 12.2 Å². The molecule has 2 aliphatic carbocycles. The summed E-state index contributed by atoms with van der Waals surface area (Å²) in [6.45, 7) is 15.1. The number of hydrogen-bond acceptors (Lipinski definition) is 0. The molecule has 0 saturated heterocycles. The average Bonchev–Trinajstić information content (AvgIpc) is 3.01. The van der Waals surface area contributed by atoms with Crippen molar-refractivity contribution in [3.05, 3.63) is 61.4 Å². The Kier molecular flexibility index (Phi) is 29.7. The predicted molar refractivity (Wildman–Crippen MR) is 116 cm³/mol. The fourth-order valence-corrected chi connectivity index (χ4v) is 2.45. The molecule has 0 fully saturated rings. The topological polar surface area (TPSA) is 0 Å². The first-order valence-electron chi connectivity index (χ1n) is 7.34. The Bertz CT molecular complexity index is 393. The van der Waals surface area contributed by atoms with E-state index in [0.717, 1.165) is 12.8 Å². The molecule has 0 saturated carbocycles. The maximum absolute atomic E-state index is 3.33. The van der Waals surface area contributed by atoms with Gasteiger partial charge in [0.25, 0.3) is 0 Å². The van der Waals surface area contributed by atoms with Crippen LogP contribution in [-0.4, -0.2) is 6.88 Å². The second kappa shape index (κ2) is 20.0. The van der Waals surface area contributed by atoms with Gasteiger partial charge < -0.3 is 14.9 Å². The van der Waals surface area contributed by atoms with Gasteiger partial charge in [-0.15, -0.1) is 51.5 Å². The van der Waals surface area contributed by atoms with Gasteiger partial charge in [-0.1, -0.05) is 39.5 Å². The zero-order valence-corrected chi connectivity index (χ0v) is 22.3. The average molecular weight is 467 g/mol. The SMILES string of the molecule is CC1=CC[C-]=C1C(C)C.CC1=CC[C-]=C1C(C)C.Cl.Cl.[CH3-].[CH3-].[SiH2]=[Zr]. The van der Waals surface area contributed by atoms with Crippen LogP contribution in [0.1, 0.15) is 54.4 Å². The van der Waals surface area contributed by atoms with Crippen molar-refractivity contribution >= 4 is 31.7 Å². The van der Waals surface area contributed by atoms with E-state index in [-0.39, 0.29) is 39.7 Å². The van der Waals surface area contributed by atoms with Crippen LogP contribution < -0.4 is 0 Å². The zero-order chi connectivity index (χ0) is 15.7. The van der Waals surface area contributed by atoms with E-state index in [9.17, 15) is 0 Å². The van der Waals surface area contributed by atoms with E-state index in [2.05, 4.69) is 65.8 Å². The Morgan fingerprint density at radius 2 is 1.04 bits per heavy atom. The summed E-state index contributed by atoms with van der Waals surface area (Å²) in [5, 5.41) is 0. The maximum atomic E-state index is 3.33. The molecular weight excluding hydrogens is 430 g/mol. The van der Waals surface area contributed by atoms with E-state index in [4.69, 9.17) is 0 Å². The van der Waals surface area contributed by atoms with Crippen molar-refractivity contribution < 1.29 is 23.3 Å². The van der Waals surface area contributed by atoms with Crippen LogP contribution in [0.4, 0.5) is 0 Å². The third kappa shape index (κ3) is 12.9. The zero-order valence-electron chi connectivity index (χ0n) is 16.7. The van der Waals surface area contributed by atoms with Crippen molar-refractivity contribution in [2.45, 2.75) is 54.4 Å². The minimum atomic E-state index is 0. The molecule has 4 heteroatoms. The summed E-state index contributed by atoms with van der Waals surface area (Å²) >= 11 is 1.58. The van der Waals surface area contributed by atoms with Crippen molar-refractivity contribution in [2.24, 2.45) is 11.8 Å². The van der Waals surface area contributed by atoms with Crippen LogP contribution in [0.25, 0.3) is 0 Å². The van der Waals surface area contributed by atoms with Gasteiger partial charge in [0.15, 0.2) is 0 Å². The molecule has 0 aromatic carbocycles. The van der Waals surface area contributed by atoms with E-state index in [1.807, 2.05) is 6.88 Å². The molecule has 0 unspecified atom stereocenters. The number of hydrogen-bond donors (Lipinski definition) is 0.